The van der Waals surface area contributed by atoms with E-state index >= 15 is 0 Å². The first-order valence-electron chi connectivity index (χ1n) is 5.90. The molecular formula is C11H23N3. The Balaban J connectivity index is 1.91. The van der Waals surface area contributed by atoms with Gasteiger partial charge in [-0.05, 0) is 52.4 Å². The monoisotopic (exact) mass is 197 g/mol. The number of nitrogens with zero attached hydrogens (tertiary/aromatic N) is 1. The summed E-state index contributed by atoms with van der Waals surface area (Å²) in [5.41, 5.74) is 0. The van der Waals surface area contributed by atoms with Gasteiger partial charge in [0.2, 0.25) is 0 Å². The molecule has 0 aromatic rings. The fourth-order valence-corrected chi connectivity index (χ4v) is 3.05. The second kappa shape index (κ2) is 4.60. The molecule has 0 aromatic carbocycles. The van der Waals surface area contributed by atoms with Crippen LogP contribution in [0.2, 0.25) is 0 Å². The van der Waals surface area contributed by atoms with Crippen molar-refractivity contribution in [3.05, 3.63) is 0 Å². The number of rotatable bonds is 3. The summed E-state index contributed by atoms with van der Waals surface area (Å²) in [5.74, 6) is 0.848. The summed E-state index contributed by atoms with van der Waals surface area (Å²) < 4.78 is 0. The summed E-state index contributed by atoms with van der Waals surface area (Å²) in [6, 6.07) is 1.40. The minimum Gasteiger partial charge on any atom is -0.315 e. The molecule has 0 bridgehead atoms. The smallest absolute Gasteiger partial charge is 0.0259 e. The van der Waals surface area contributed by atoms with E-state index in [-0.39, 0.29) is 0 Å². The first-order valence-corrected chi connectivity index (χ1v) is 5.90. The Morgan fingerprint density at radius 2 is 2.29 bits per heavy atom. The van der Waals surface area contributed by atoms with E-state index in [1.165, 1.54) is 38.9 Å². The molecule has 0 aromatic heterocycles. The number of likely N-dealkylation sites (N-methyl/N-ethyl adjacent to an activating group) is 1. The van der Waals surface area contributed by atoms with Gasteiger partial charge in [-0.15, -0.1) is 0 Å². The fraction of sp³-hybridized carbons (Fsp3) is 1.00. The minimum absolute atomic E-state index is 0.683. The first-order chi connectivity index (χ1) is 6.81. The average Bonchev–Trinajstić information content (AvgIpc) is 2.79. The average molecular weight is 197 g/mol. The zero-order valence-electron chi connectivity index (χ0n) is 9.42. The van der Waals surface area contributed by atoms with Gasteiger partial charge < -0.3 is 15.5 Å². The summed E-state index contributed by atoms with van der Waals surface area (Å²) in [4.78, 5) is 2.45. The molecule has 0 spiro atoms. The van der Waals surface area contributed by atoms with Crippen molar-refractivity contribution in [3.8, 4) is 0 Å². The molecule has 2 saturated heterocycles. The van der Waals surface area contributed by atoms with Gasteiger partial charge in [0, 0.05) is 18.6 Å². The molecule has 3 heteroatoms. The maximum Gasteiger partial charge on any atom is 0.0259 e. The highest BCUT2D eigenvalue weighted by atomic mass is 15.1. The molecular weight excluding hydrogens is 174 g/mol. The lowest BCUT2D eigenvalue weighted by Gasteiger charge is -2.28. The van der Waals surface area contributed by atoms with Crippen LogP contribution in [0.1, 0.15) is 19.3 Å². The maximum atomic E-state index is 3.62. The summed E-state index contributed by atoms with van der Waals surface area (Å²) in [6.07, 6.45) is 4.07. The standard InChI is InChI=1S/C11H23N3/c1-12-11(10-4-3-6-13-10)9-5-7-14(2)8-9/h9-13H,3-8H2,1-2H3. The topological polar surface area (TPSA) is 27.3 Å². The molecule has 0 radical (unpaired) electrons. The summed E-state index contributed by atoms with van der Waals surface area (Å²) in [5, 5.41) is 7.14. The lowest BCUT2D eigenvalue weighted by atomic mass is 9.92. The third-order valence-corrected chi connectivity index (χ3v) is 3.80. The number of hydrogen-bond acceptors (Lipinski definition) is 3. The number of nitrogens with one attached hydrogen (secondary N) is 2. The lowest BCUT2D eigenvalue weighted by Crippen LogP contribution is -2.48. The molecule has 0 amide bonds. The third kappa shape index (κ3) is 2.10. The van der Waals surface area contributed by atoms with Crippen molar-refractivity contribution in [1.82, 2.24) is 15.5 Å². The van der Waals surface area contributed by atoms with Gasteiger partial charge in [0.05, 0.1) is 0 Å². The van der Waals surface area contributed by atoms with Crippen molar-refractivity contribution in [2.24, 2.45) is 5.92 Å². The van der Waals surface area contributed by atoms with E-state index in [4.69, 9.17) is 0 Å². The molecule has 0 aliphatic carbocycles. The number of hydrogen-bond donors (Lipinski definition) is 2. The van der Waals surface area contributed by atoms with Crippen molar-refractivity contribution in [2.45, 2.75) is 31.3 Å². The molecule has 3 atom stereocenters. The lowest BCUT2D eigenvalue weighted by molar-refractivity contribution is 0.298. The predicted octanol–water partition coefficient (Wildman–Crippen LogP) is 0.278. The Morgan fingerprint density at radius 1 is 1.43 bits per heavy atom. The van der Waals surface area contributed by atoms with Crippen molar-refractivity contribution in [3.63, 3.8) is 0 Å². The summed E-state index contributed by atoms with van der Waals surface area (Å²) in [6.45, 7) is 3.75. The fourth-order valence-electron chi connectivity index (χ4n) is 3.05. The van der Waals surface area contributed by atoms with E-state index < -0.39 is 0 Å². The normalized spacial score (nSPS) is 36.4. The van der Waals surface area contributed by atoms with Crippen molar-refractivity contribution in [1.29, 1.82) is 0 Å². The Bertz CT molecular complexity index is 177. The van der Waals surface area contributed by atoms with E-state index in [2.05, 4.69) is 29.6 Å². The third-order valence-electron chi connectivity index (χ3n) is 3.80. The zero-order valence-corrected chi connectivity index (χ0v) is 9.42. The van der Waals surface area contributed by atoms with E-state index in [0.717, 1.165) is 12.0 Å². The van der Waals surface area contributed by atoms with Gasteiger partial charge >= 0.3 is 0 Å². The molecule has 3 unspecified atom stereocenters. The highest BCUT2D eigenvalue weighted by Gasteiger charge is 2.33. The molecule has 2 aliphatic heterocycles. The van der Waals surface area contributed by atoms with Gasteiger partial charge in [-0.25, -0.2) is 0 Å². The highest BCUT2D eigenvalue weighted by molar-refractivity contribution is 4.93. The van der Waals surface area contributed by atoms with Crippen LogP contribution in [0.25, 0.3) is 0 Å². The molecule has 2 heterocycles. The van der Waals surface area contributed by atoms with Crippen molar-refractivity contribution in [2.75, 3.05) is 33.7 Å². The first kappa shape index (κ1) is 10.4. The number of likely N-dealkylation sites (tertiary alicyclic amines) is 1. The van der Waals surface area contributed by atoms with Crippen LogP contribution >= 0.6 is 0 Å². The van der Waals surface area contributed by atoms with E-state index in [9.17, 15) is 0 Å². The molecule has 2 fully saturated rings. The maximum absolute atomic E-state index is 3.62. The van der Waals surface area contributed by atoms with Crippen molar-refractivity contribution < 1.29 is 0 Å². The summed E-state index contributed by atoms with van der Waals surface area (Å²) in [7, 11) is 4.35. The highest BCUT2D eigenvalue weighted by Crippen LogP contribution is 2.23. The predicted molar refractivity (Wildman–Crippen MR) is 59.5 cm³/mol. The Hall–Kier alpha value is -0.120. The largest absolute Gasteiger partial charge is 0.315 e. The second-order valence-corrected chi connectivity index (χ2v) is 4.83. The van der Waals surface area contributed by atoms with E-state index in [0.29, 0.717) is 6.04 Å². The van der Waals surface area contributed by atoms with Gasteiger partial charge in [0.25, 0.3) is 0 Å². The van der Waals surface area contributed by atoms with Crippen LogP contribution in [-0.4, -0.2) is 50.7 Å². The Kier molecular flexibility index (Phi) is 3.42. The van der Waals surface area contributed by atoms with Gasteiger partial charge in [-0.1, -0.05) is 0 Å². The molecule has 82 valence electrons. The quantitative estimate of drug-likeness (QED) is 0.680. The summed E-state index contributed by atoms with van der Waals surface area (Å²) >= 11 is 0. The van der Waals surface area contributed by atoms with Crippen LogP contribution in [0.5, 0.6) is 0 Å². The van der Waals surface area contributed by atoms with E-state index in [1.807, 2.05) is 0 Å². The molecule has 0 saturated carbocycles. The SMILES string of the molecule is CNC(C1CCN(C)C1)C1CCCN1. The van der Waals surface area contributed by atoms with Crippen LogP contribution in [0.15, 0.2) is 0 Å². The van der Waals surface area contributed by atoms with Gasteiger partial charge in [0.1, 0.15) is 0 Å². The van der Waals surface area contributed by atoms with Crippen LogP contribution in [0, 0.1) is 5.92 Å². The van der Waals surface area contributed by atoms with Crippen LogP contribution in [-0.2, 0) is 0 Å². The molecule has 3 nitrogen and oxygen atoms in total. The van der Waals surface area contributed by atoms with Gasteiger partial charge in [-0.3, -0.25) is 0 Å². The Morgan fingerprint density at radius 3 is 2.79 bits per heavy atom. The molecule has 2 rings (SSSR count). The second-order valence-electron chi connectivity index (χ2n) is 4.83. The zero-order chi connectivity index (χ0) is 9.97. The van der Waals surface area contributed by atoms with Gasteiger partial charge in [0.15, 0.2) is 0 Å². The minimum atomic E-state index is 0.683. The van der Waals surface area contributed by atoms with Crippen LogP contribution < -0.4 is 10.6 Å². The Labute approximate surface area is 87.2 Å². The van der Waals surface area contributed by atoms with Crippen molar-refractivity contribution >= 4 is 0 Å². The van der Waals surface area contributed by atoms with Gasteiger partial charge in [-0.2, -0.15) is 0 Å². The molecule has 2 N–H and O–H groups in total. The van der Waals surface area contributed by atoms with Crippen LogP contribution in [0.4, 0.5) is 0 Å². The molecule has 14 heavy (non-hydrogen) atoms. The van der Waals surface area contributed by atoms with Crippen LogP contribution in [0.3, 0.4) is 0 Å². The van der Waals surface area contributed by atoms with E-state index in [1.54, 1.807) is 0 Å². The molecule has 2 aliphatic rings.